The second kappa shape index (κ2) is 6.97. The van der Waals surface area contributed by atoms with E-state index in [0.29, 0.717) is 39.9 Å². The zero-order valence-corrected chi connectivity index (χ0v) is 17.2. The second-order valence-corrected chi connectivity index (χ2v) is 6.95. The molecule has 158 valence electrons. The molecular weight excluding hydrogens is 394 g/mol. The van der Waals surface area contributed by atoms with Crippen LogP contribution in [0.4, 0.5) is 5.82 Å². The Morgan fingerprint density at radius 2 is 1.63 bits per heavy atom. The highest BCUT2D eigenvalue weighted by molar-refractivity contribution is 5.97. The predicted octanol–water partition coefficient (Wildman–Crippen LogP) is 0.478. The standard InChI is InChI=1S/C20H21N3O7/c1-22-17-15(18(24)23(2)20(22)26)13(14-10(21-17)8-30-19(14)25)9-6-11(27-3)16(29-5)12(7-9)28-4/h6-7,13,21H,8H2,1-5H3/t13-/m1/s1. The van der Waals surface area contributed by atoms with Gasteiger partial charge in [0, 0.05) is 14.1 Å². The van der Waals surface area contributed by atoms with Crippen LogP contribution in [0, 0.1) is 0 Å². The summed E-state index contributed by atoms with van der Waals surface area (Å²) < 4.78 is 23.8. The molecule has 10 nitrogen and oxygen atoms in total. The first kappa shape index (κ1) is 19.6. The van der Waals surface area contributed by atoms with E-state index in [-0.39, 0.29) is 12.2 Å². The Morgan fingerprint density at radius 3 is 2.20 bits per heavy atom. The number of esters is 1. The van der Waals surface area contributed by atoms with Crippen LogP contribution in [-0.2, 0) is 23.6 Å². The van der Waals surface area contributed by atoms with Gasteiger partial charge in [-0.25, -0.2) is 9.59 Å². The molecule has 0 saturated carbocycles. The average molecular weight is 415 g/mol. The van der Waals surface area contributed by atoms with E-state index < -0.39 is 23.1 Å². The van der Waals surface area contributed by atoms with Gasteiger partial charge in [-0.1, -0.05) is 0 Å². The first-order chi connectivity index (χ1) is 14.3. The van der Waals surface area contributed by atoms with Crippen molar-refractivity contribution < 1.29 is 23.7 Å². The van der Waals surface area contributed by atoms with Gasteiger partial charge in [0.2, 0.25) is 5.75 Å². The number of hydrogen-bond donors (Lipinski definition) is 1. The Bertz CT molecular complexity index is 1200. The number of fused-ring (bicyclic) bond motifs is 1. The van der Waals surface area contributed by atoms with Gasteiger partial charge < -0.3 is 24.3 Å². The van der Waals surface area contributed by atoms with Crippen molar-refractivity contribution in [3.63, 3.8) is 0 Å². The van der Waals surface area contributed by atoms with Crippen LogP contribution in [0.3, 0.4) is 0 Å². The van der Waals surface area contributed by atoms with Crippen LogP contribution < -0.4 is 30.8 Å². The van der Waals surface area contributed by atoms with Crippen molar-refractivity contribution >= 4 is 11.8 Å². The van der Waals surface area contributed by atoms with E-state index in [2.05, 4.69) is 5.32 Å². The predicted molar refractivity (Wildman–Crippen MR) is 106 cm³/mol. The van der Waals surface area contributed by atoms with Crippen LogP contribution in [0.1, 0.15) is 17.0 Å². The molecule has 1 atom stereocenters. The number of benzene rings is 1. The number of ether oxygens (including phenoxy) is 4. The summed E-state index contributed by atoms with van der Waals surface area (Å²) >= 11 is 0. The Hall–Kier alpha value is -3.69. The maximum Gasteiger partial charge on any atom is 0.337 e. The van der Waals surface area contributed by atoms with Gasteiger partial charge in [0.25, 0.3) is 5.56 Å². The Labute approximate surface area is 171 Å². The fourth-order valence-corrected chi connectivity index (χ4v) is 3.98. The molecule has 0 amide bonds. The Morgan fingerprint density at radius 1 is 1.00 bits per heavy atom. The van der Waals surface area contributed by atoms with E-state index in [1.165, 1.54) is 32.9 Å². The molecular formula is C20H21N3O7. The summed E-state index contributed by atoms with van der Waals surface area (Å²) in [5.74, 6) is 0.140. The van der Waals surface area contributed by atoms with Gasteiger partial charge in [-0.15, -0.1) is 0 Å². The van der Waals surface area contributed by atoms with Crippen molar-refractivity contribution in [1.82, 2.24) is 9.13 Å². The van der Waals surface area contributed by atoms with Crippen molar-refractivity contribution in [2.24, 2.45) is 14.1 Å². The molecule has 1 aromatic heterocycles. The topological polar surface area (TPSA) is 110 Å². The zero-order chi connectivity index (χ0) is 21.7. The minimum absolute atomic E-state index is 0.0257. The van der Waals surface area contributed by atoms with Crippen molar-refractivity contribution in [1.29, 1.82) is 0 Å². The molecule has 3 heterocycles. The molecule has 0 unspecified atom stereocenters. The van der Waals surface area contributed by atoms with E-state index >= 15 is 0 Å². The largest absolute Gasteiger partial charge is 0.493 e. The average Bonchev–Trinajstić information content (AvgIpc) is 3.14. The van der Waals surface area contributed by atoms with Crippen LogP contribution in [0.25, 0.3) is 0 Å². The molecule has 2 aliphatic heterocycles. The fraction of sp³-hybridized carbons (Fsp3) is 0.350. The molecule has 2 aromatic rings. The number of carbonyl (C=O) groups is 1. The second-order valence-electron chi connectivity index (χ2n) is 6.95. The SMILES string of the molecule is COc1cc([C@@H]2C3=C(COC3=O)Nc3c2c(=O)n(C)c(=O)n3C)cc(OC)c1OC. The highest BCUT2D eigenvalue weighted by atomic mass is 16.5. The van der Waals surface area contributed by atoms with Crippen molar-refractivity contribution in [3.05, 3.63) is 55.4 Å². The van der Waals surface area contributed by atoms with Gasteiger partial charge in [0.1, 0.15) is 12.4 Å². The van der Waals surface area contributed by atoms with Gasteiger partial charge in [0.15, 0.2) is 11.5 Å². The number of cyclic esters (lactones) is 1. The van der Waals surface area contributed by atoms with Gasteiger partial charge in [-0.3, -0.25) is 13.9 Å². The lowest BCUT2D eigenvalue weighted by Gasteiger charge is -2.28. The summed E-state index contributed by atoms with van der Waals surface area (Å²) in [7, 11) is 7.40. The third-order valence-electron chi connectivity index (χ3n) is 5.46. The van der Waals surface area contributed by atoms with E-state index in [0.717, 1.165) is 4.57 Å². The molecule has 2 aliphatic rings. The van der Waals surface area contributed by atoms with Crippen molar-refractivity contribution in [2.75, 3.05) is 33.3 Å². The molecule has 30 heavy (non-hydrogen) atoms. The monoisotopic (exact) mass is 415 g/mol. The molecule has 4 rings (SSSR count). The Balaban J connectivity index is 2.08. The highest BCUT2D eigenvalue weighted by Crippen LogP contribution is 2.47. The van der Waals surface area contributed by atoms with Crippen LogP contribution in [-0.4, -0.2) is 43.0 Å². The molecule has 1 N–H and O–H groups in total. The highest BCUT2D eigenvalue weighted by Gasteiger charge is 2.42. The molecule has 0 radical (unpaired) electrons. The van der Waals surface area contributed by atoms with Gasteiger partial charge >= 0.3 is 11.7 Å². The first-order valence-corrected chi connectivity index (χ1v) is 9.11. The number of methoxy groups -OCH3 is 3. The number of anilines is 1. The van der Waals surface area contributed by atoms with E-state index in [1.54, 1.807) is 19.2 Å². The summed E-state index contributed by atoms with van der Waals surface area (Å²) in [4.78, 5) is 38.2. The molecule has 10 heteroatoms. The van der Waals surface area contributed by atoms with Crippen molar-refractivity contribution in [3.8, 4) is 17.2 Å². The first-order valence-electron chi connectivity index (χ1n) is 9.11. The van der Waals surface area contributed by atoms with E-state index in [4.69, 9.17) is 18.9 Å². The zero-order valence-electron chi connectivity index (χ0n) is 17.2. The van der Waals surface area contributed by atoms with Crippen LogP contribution in [0.15, 0.2) is 33.0 Å². The van der Waals surface area contributed by atoms with Crippen LogP contribution in [0.2, 0.25) is 0 Å². The lowest BCUT2D eigenvalue weighted by Crippen LogP contribution is -2.43. The van der Waals surface area contributed by atoms with Gasteiger partial charge in [-0.05, 0) is 17.7 Å². The fourth-order valence-electron chi connectivity index (χ4n) is 3.98. The minimum atomic E-state index is -0.787. The van der Waals surface area contributed by atoms with Crippen molar-refractivity contribution in [2.45, 2.75) is 5.92 Å². The summed E-state index contributed by atoms with van der Waals surface area (Å²) in [6.07, 6.45) is 0. The summed E-state index contributed by atoms with van der Waals surface area (Å²) in [6, 6.07) is 3.36. The lowest BCUT2D eigenvalue weighted by molar-refractivity contribution is -0.136. The van der Waals surface area contributed by atoms with Crippen LogP contribution >= 0.6 is 0 Å². The molecule has 0 spiro atoms. The normalized spacial score (nSPS) is 17.1. The molecule has 0 saturated heterocycles. The smallest absolute Gasteiger partial charge is 0.337 e. The number of nitrogens with one attached hydrogen (secondary N) is 1. The van der Waals surface area contributed by atoms with Gasteiger partial charge in [0.05, 0.1) is 44.1 Å². The quantitative estimate of drug-likeness (QED) is 0.718. The number of nitrogens with zero attached hydrogens (tertiary/aromatic N) is 2. The molecule has 0 fully saturated rings. The molecule has 0 bridgehead atoms. The molecule has 0 aliphatic carbocycles. The third kappa shape index (κ3) is 2.60. The maximum absolute atomic E-state index is 13.1. The third-order valence-corrected chi connectivity index (χ3v) is 5.46. The van der Waals surface area contributed by atoms with Crippen LogP contribution in [0.5, 0.6) is 17.2 Å². The maximum atomic E-state index is 13.1. The number of hydrogen-bond acceptors (Lipinski definition) is 8. The Kier molecular flexibility index (Phi) is 4.56. The number of rotatable bonds is 4. The van der Waals surface area contributed by atoms with E-state index in [9.17, 15) is 14.4 Å². The molecule has 1 aromatic carbocycles. The van der Waals surface area contributed by atoms with Gasteiger partial charge in [-0.2, -0.15) is 0 Å². The number of carbonyl (C=O) groups excluding carboxylic acids is 1. The summed E-state index contributed by atoms with van der Waals surface area (Å²) in [5, 5.41) is 3.04. The van der Waals surface area contributed by atoms with E-state index in [1.807, 2.05) is 0 Å². The number of aromatic nitrogens is 2. The minimum Gasteiger partial charge on any atom is -0.493 e. The lowest BCUT2D eigenvalue weighted by atomic mass is 9.82. The summed E-state index contributed by atoms with van der Waals surface area (Å²) in [6.45, 7) is 0.0257. The summed E-state index contributed by atoms with van der Waals surface area (Å²) in [5.41, 5.74) is 0.651.